The number of benzene rings is 1. The van der Waals surface area contributed by atoms with Crippen LogP contribution in [0, 0.1) is 28.0 Å². The number of anilines is 1. The third-order valence-corrected chi connectivity index (χ3v) is 8.92. The molecule has 1 aliphatic heterocycles. The van der Waals surface area contributed by atoms with Gasteiger partial charge in [0.05, 0.1) is 12.2 Å². The predicted octanol–water partition coefficient (Wildman–Crippen LogP) is 5.14. The van der Waals surface area contributed by atoms with E-state index in [4.69, 9.17) is 0 Å². The number of carbonyl (C=O) groups excluding carboxylic acids is 2. The van der Waals surface area contributed by atoms with Crippen LogP contribution in [0.25, 0.3) is 0 Å². The number of hydrogen-bond donors (Lipinski definition) is 1. The smallest absolute Gasteiger partial charge is 0.254 e. The van der Waals surface area contributed by atoms with Gasteiger partial charge in [-0.1, -0.05) is 13.8 Å². The van der Waals surface area contributed by atoms with Crippen LogP contribution in [0.1, 0.15) is 80.4 Å². The lowest BCUT2D eigenvalue weighted by molar-refractivity contribution is -0.153. The quantitative estimate of drug-likeness (QED) is 0.663. The number of carbonyl (C=O) groups is 2. The largest absolute Gasteiger partial charge is 0.332 e. The highest BCUT2D eigenvalue weighted by atomic mass is 19.1. The number of rotatable bonds is 4. The van der Waals surface area contributed by atoms with Crippen LogP contribution in [0.3, 0.4) is 0 Å². The summed E-state index contributed by atoms with van der Waals surface area (Å²) in [7, 11) is 0. The lowest BCUT2D eigenvalue weighted by atomic mass is 9.40. The van der Waals surface area contributed by atoms with Crippen molar-refractivity contribution in [2.45, 2.75) is 71.8 Å². The van der Waals surface area contributed by atoms with Crippen molar-refractivity contribution in [3.63, 3.8) is 0 Å². The highest BCUT2D eigenvalue weighted by molar-refractivity contribution is 5.94. The second kappa shape index (κ2) is 7.84. The molecule has 0 radical (unpaired) electrons. The van der Waals surface area contributed by atoms with E-state index in [1.54, 1.807) is 4.90 Å². The van der Waals surface area contributed by atoms with Crippen molar-refractivity contribution in [3.8, 4) is 0 Å². The number of halogens is 1. The van der Waals surface area contributed by atoms with Gasteiger partial charge in [0, 0.05) is 24.1 Å². The van der Waals surface area contributed by atoms with Crippen molar-refractivity contribution in [3.05, 3.63) is 53.2 Å². The summed E-state index contributed by atoms with van der Waals surface area (Å²) in [4.78, 5) is 36.7. The Balaban J connectivity index is 1.16. The molecule has 5 aliphatic rings. The predicted molar refractivity (Wildman–Crippen MR) is 130 cm³/mol. The molecule has 4 saturated carbocycles. The number of nitrogens with zero attached hydrogens (tertiary/aromatic N) is 3. The van der Waals surface area contributed by atoms with Gasteiger partial charge in [-0.25, -0.2) is 14.4 Å². The Morgan fingerprint density at radius 1 is 1.06 bits per heavy atom. The number of aromatic nitrogens is 2. The minimum Gasteiger partial charge on any atom is -0.332 e. The molecule has 2 atom stereocenters. The highest BCUT2D eigenvalue weighted by Crippen LogP contribution is 2.70. The van der Waals surface area contributed by atoms with Crippen LogP contribution < -0.4 is 5.32 Å². The molecular formula is C28H33FN4O2. The average molecular weight is 477 g/mol. The molecule has 0 saturated heterocycles. The van der Waals surface area contributed by atoms with Crippen molar-refractivity contribution in [1.29, 1.82) is 0 Å². The fourth-order valence-electron chi connectivity index (χ4n) is 8.81. The maximum Gasteiger partial charge on any atom is 0.254 e. The third-order valence-electron chi connectivity index (χ3n) is 8.92. The molecule has 1 aromatic heterocycles. The Hall–Kier alpha value is -2.83. The normalized spacial score (nSPS) is 32.9. The standard InChI is InChI=1S/C28H33FN4O2/c1-26-9-18-10-27(2,14-26)16-28(11-18,15-26)12-23(34)32-24-21-7-8-33(13-22(21)30-17-31-24)25(35)19-3-5-20(29)6-4-19/h3-6,17-18H,7-16H2,1-2H3,(H,30,31,32,34). The molecule has 6 nitrogen and oxygen atoms in total. The van der Waals surface area contributed by atoms with Crippen LogP contribution in [-0.4, -0.2) is 33.2 Å². The van der Waals surface area contributed by atoms with Gasteiger partial charge in [-0.15, -0.1) is 0 Å². The fourth-order valence-corrected chi connectivity index (χ4v) is 8.81. The molecule has 2 heterocycles. The van der Waals surface area contributed by atoms with Gasteiger partial charge in [0.25, 0.3) is 5.91 Å². The van der Waals surface area contributed by atoms with Gasteiger partial charge in [0.1, 0.15) is 18.0 Å². The third kappa shape index (κ3) is 4.13. The molecule has 35 heavy (non-hydrogen) atoms. The number of amides is 2. The first kappa shape index (κ1) is 22.6. The van der Waals surface area contributed by atoms with E-state index in [2.05, 4.69) is 29.1 Å². The molecule has 4 fully saturated rings. The molecule has 7 rings (SSSR count). The summed E-state index contributed by atoms with van der Waals surface area (Å²) in [6.45, 7) is 5.71. The summed E-state index contributed by atoms with van der Waals surface area (Å²) in [5.41, 5.74) is 2.99. The molecule has 184 valence electrons. The number of fused-ring (bicyclic) bond motifs is 1. The minimum atomic E-state index is -0.365. The zero-order valence-electron chi connectivity index (χ0n) is 20.6. The Labute approximate surface area is 205 Å². The van der Waals surface area contributed by atoms with Crippen LogP contribution >= 0.6 is 0 Å². The maximum atomic E-state index is 13.3. The van der Waals surface area contributed by atoms with E-state index >= 15 is 0 Å². The maximum absolute atomic E-state index is 13.3. The second-order valence-electron chi connectivity index (χ2n) is 12.5. The number of nitrogens with one attached hydrogen (secondary N) is 1. The van der Waals surface area contributed by atoms with Gasteiger partial charge in [0.15, 0.2) is 0 Å². The topological polar surface area (TPSA) is 75.2 Å². The summed E-state index contributed by atoms with van der Waals surface area (Å²) >= 11 is 0. The Kier molecular flexibility index (Phi) is 5.07. The van der Waals surface area contributed by atoms with Crippen LogP contribution in [0.5, 0.6) is 0 Å². The van der Waals surface area contributed by atoms with Gasteiger partial charge in [-0.2, -0.15) is 0 Å². The first-order valence-corrected chi connectivity index (χ1v) is 12.8. The zero-order chi connectivity index (χ0) is 24.4. The molecule has 1 aromatic carbocycles. The second-order valence-corrected chi connectivity index (χ2v) is 12.5. The summed E-state index contributed by atoms with van der Waals surface area (Å²) < 4.78 is 13.2. The van der Waals surface area contributed by atoms with E-state index < -0.39 is 0 Å². The van der Waals surface area contributed by atoms with Crippen LogP contribution in [0.15, 0.2) is 30.6 Å². The van der Waals surface area contributed by atoms with Crippen LogP contribution in [0.2, 0.25) is 0 Å². The summed E-state index contributed by atoms with van der Waals surface area (Å²) in [5, 5.41) is 3.12. The molecule has 2 aromatic rings. The minimum absolute atomic E-state index is 0.0462. The number of hydrogen-bond acceptors (Lipinski definition) is 4. The average Bonchev–Trinajstić information content (AvgIpc) is 2.76. The molecule has 0 spiro atoms. The van der Waals surface area contributed by atoms with E-state index in [1.807, 2.05) is 0 Å². The van der Waals surface area contributed by atoms with Gasteiger partial charge in [-0.3, -0.25) is 9.59 Å². The first-order valence-electron chi connectivity index (χ1n) is 12.8. The Morgan fingerprint density at radius 3 is 2.46 bits per heavy atom. The van der Waals surface area contributed by atoms with Crippen molar-refractivity contribution in [1.82, 2.24) is 14.9 Å². The van der Waals surface area contributed by atoms with E-state index in [0.29, 0.717) is 48.1 Å². The van der Waals surface area contributed by atoms with Gasteiger partial charge in [-0.05, 0) is 91.4 Å². The van der Waals surface area contributed by atoms with Crippen LogP contribution in [-0.2, 0) is 17.8 Å². The van der Waals surface area contributed by atoms with Crippen molar-refractivity contribution >= 4 is 17.6 Å². The lowest BCUT2D eigenvalue weighted by Gasteiger charge is -2.65. The van der Waals surface area contributed by atoms with Crippen molar-refractivity contribution in [2.24, 2.45) is 22.2 Å². The highest BCUT2D eigenvalue weighted by Gasteiger charge is 2.60. The summed E-state index contributed by atoms with van der Waals surface area (Å²) in [6.07, 6.45) is 10.0. The summed E-state index contributed by atoms with van der Waals surface area (Å²) in [6, 6.07) is 5.60. The monoisotopic (exact) mass is 476 g/mol. The molecule has 2 unspecified atom stereocenters. The molecular weight excluding hydrogens is 443 g/mol. The van der Waals surface area contributed by atoms with E-state index in [9.17, 15) is 14.0 Å². The molecule has 7 heteroatoms. The Bertz CT molecular complexity index is 1180. The summed E-state index contributed by atoms with van der Waals surface area (Å²) in [5.74, 6) is 0.866. The molecule has 1 N–H and O–H groups in total. The lowest BCUT2D eigenvalue weighted by Crippen LogP contribution is -2.55. The van der Waals surface area contributed by atoms with E-state index in [-0.39, 0.29) is 23.0 Å². The van der Waals surface area contributed by atoms with E-state index in [1.165, 1.54) is 56.3 Å². The van der Waals surface area contributed by atoms with Crippen LogP contribution in [0.4, 0.5) is 10.2 Å². The van der Waals surface area contributed by atoms with Crippen molar-refractivity contribution in [2.75, 3.05) is 11.9 Å². The van der Waals surface area contributed by atoms with Gasteiger partial charge in [0.2, 0.25) is 5.91 Å². The van der Waals surface area contributed by atoms with E-state index in [0.717, 1.165) is 30.0 Å². The molecule has 4 bridgehead atoms. The SMILES string of the molecule is CC12CC3CC(C)(C1)CC(CC(=O)Nc1ncnc4c1CCN(C(=O)c1ccc(F)cc1)C4)(C3)C2. The van der Waals surface area contributed by atoms with Gasteiger partial charge < -0.3 is 10.2 Å². The molecule has 2 amide bonds. The van der Waals surface area contributed by atoms with Gasteiger partial charge >= 0.3 is 0 Å². The molecule has 4 aliphatic carbocycles. The Morgan fingerprint density at radius 2 is 1.77 bits per heavy atom. The van der Waals surface area contributed by atoms with Crippen molar-refractivity contribution < 1.29 is 14.0 Å². The first-order chi connectivity index (χ1) is 16.6. The zero-order valence-corrected chi connectivity index (χ0v) is 20.6. The fraction of sp³-hybridized carbons (Fsp3) is 0.571.